The van der Waals surface area contributed by atoms with Crippen LogP contribution >= 0.6 is 0 Å². The number of benzene rings is 1. The van der Waals surface area contributed by atoms with Gasteiger partial charge in [-0.15, -0.1) is 0 Å². The number of hydrogen-bond acceptors (Lipinski definition) is 6. The van der Waals surface area contributed by atoms with E-state index < -0.39 is 20.6 Å². The van der Waals surface area contributed by atoms with Crippen LogP contribution < -0.4 is 10.1 Å². The Hall–Kier alpha value is -1.60. The molecule has 0 aliphatic carbocycles. The quantitative estimate of drug-likeness (QED) is 0.817. The minimum Gasteiger partial charge on any atom is -0.497 e. The van der Waals surface area contributed by atoms with Crippen molar-refractivity contribution in [2.75, 3.05) is 26.8 Å². The number of methoxy groups -OCH3 is 1. The molecule has 0 atom stereocenters. The molecule has 0 amide bonds. The second kappa shape index (κ2) is 6.66. The minimum absolute atomic E-state index is 0.114. The lowest BCUT2D eigenvalue weighted by Crippen LogP contribution is -2.54. The second-order valence-electron chi connectivity index (χ2n) is 5.14. The summed E-state index contributed by atoms with van der Waals surface area (Å²) in [6.45, 7) is 2.77. The molecule has 1 aliphatic rings. The molecule has 7 heteroatoms. The molecular weight excluding hydrogens is 306 g/mol. The van der Waals surface area contributed by atoms with E-state index >= 15 is 0 Å². The number of carbonyl (C=O) groups is 1. The summed E-state index contributed by atoms with van der Waals surface area (Å²) in [5.41, 5.74) is 0. The van der Waals surface area contributed by atoms with E-state index in [0.717, 1.165) is 0 Å². The number of rotatable bonds is 5. The molecule has 1 aromatic carbocycles. The highest BCUT2D eigenvalue weighted by Gasteiger charge is 2.53. The maximum atomic E-state index is 13.1. The number of nitrogens with one attached hydrogen (secondary N) is 1. The molecule has 22 heavy (non-hydrogen) atoms. The fourth-order valence-corrected chi connectivity index (χ4v) is 4.62. The van der Waals surface area contributed by atoms with Crippen LogP contribution in [0.5, 0.6) is 5.75 Å². The van der Waals surface area contributed by atoms with Crippen LogP contribution in [0.2, 0.25) is 0 Å². The van der Waals surface area contributed by atoms with Crippen molar-refractivity contribution in [1.29, 1.82) is 0 Å². The van der Waals surface area contributed by atoms with E-state index in [0.29, 0.717) is 18.8 Å². The van der Waals surface area contributed by atoms with Gasteiger partial charge in [-0.05, 0) is 57.1 Å². The van der Waals surface area contributed by atoms with Crippen molar-refractivity contribution >= 4 is 15.8 Å². The average molecular weight is 327 g/mol. The Labute approximate surface area is 130 Å². The summed E-state index contributed by atoms with van der Waals surface area (Å²) in [6, 6.07) is 6.09. The highest BCUT2D eigenvalue weighted by molar-refractivity contribution is 7.93. The number of esters is 1. The third-order valence-corrected chi connectivity index (χ3v) is 6.44. The Morgan fingerprint density at radius 1 is 1.23 bits per heavy atom. The first-order chi connectivity index (χ1) is 10.5. The Morgan fingerprint density at radius 3 is 2.32 bits per heavy atom. The van der Waals surface area contributed by atoms with Gasteiger partial charge in [-0.3, -0.25) is 4.79 Å². The largest absolute Gasteiger partial charge is 0.497 e. The van der Waals surface area contributed by atoms with Gasteiger partial charge in [0.05, 0.1) is 18.6 Å². The summed E-state index contributed by atoms with van der Waals surface area (Å²) in [5, 5.41) is 3.09. The van der Waals surface area contributed by atoms with Gasteiger partial charge in [-0.25, -0.2) is 8.42 Å². The molecule has 0 unspecified atom stereocenters. The Bertz CT molecular complexity index is 618. The molecule has 0 bridgehead atoms. The van der Waals surface area contributed by atoms with Crippen LogP contribution in [0.15, 0.2) is 29.2 Å². The summed E-state index contributed by atoms with van der Waals surface area (Å²) in [5.74, 6) is -0.0956. The first-order valence-electron chi connectivity index (χ1n) is 7.24. The van der Waals surface area contributed by atoms with Crippen molar-refractivity contribution in [3.05, 3.63) is 24.3 Å². The SMILES string of the molecule is CCOC(=O)C1(S(=O)(=O)c2ccc(OC)cc2)CCNCC1. The van der Waals surface area contributed by atoms with Crippen molar-refractivity contribution < 1.29 is 22.7 Å². The summed E-state index contributed by atoms with van der Waals surface area (Å²) < 4.78 is 34.7. The van der Waals surface area contributed by atoms with E-state index in [4.69, 9.17) is 9.47 Å². The van der Waals surface area contributed by atoms with Gasteiger partial charge in [0.25, 0.3) is 0 Å². The normalized spacial score (nSPS) is 17.7. The number of hydrogen-bond donors (Lipinski definition) is 1. The fourth-order valence-electron chi connectivity index (χ4n) is 2.66. The monoisotopic (exact) mass is 327 g/mol. The number of ether oxygens (including phenoxy) is 2. The third kappa shape index (κ3) is 2.83. The Balaban J connectivity index is 2.46. The van der Waals surface area contributed by atoms with Crippen molar-refractivity contribution in [1.82, 2.24) is 5.32 Å². The minimum atomic E-state index is -3.84. The zero-order chi connectivity index (χ0) is 16.2. The Kier molecular flexibility index (Phi) is 5.08. The average Bonchev–Trinajstić information content (AvgIpc) is 2.55. The predicted molar refractivity (Wildman–Crippen MR) is 81.6 cm³/mol. The number of sulfone groups is 1. The van der Waals surface area contributed by atoms with Crippen LogP contribution in [0.25, 0.3) is 0 Å². The lowest BCUT2D eigenvalue weighted by atomic mass is 9.97. The summed E-state index contributed by atoms with van der Waals surface area (Å²) >= 11 is 0. The standard InChI is InChI=1S/C15H21NO5S/c1-3-21-14(17)15(8-10-16-11-9-15)22(18,19)13-6-4-12(20-2)5-7-13/h4-7,16H,3,8-11H2,1-2H3. The molecule has 2 rings (SSSR count). The van der Waals surface area contributed by atoms with Crippen LogP contribution in [0.3, 0.4) is 0 Å². The zero-order valence-corrected chi connectivity index (χ0v) is 13.6. The maximum Gasteiger partial charge on any atom is 0.327 e. The van der Waals surface area contributed by atoms with Gasteiger partial charge >= 0.3 is 5.97 Å². The van der Waals surface area contributed by atoms with Gasteiger partial charge in [0.15, 0.2) is 14.6 Å². The van der Waals surface area contributed by atoms with Crippen molar-refractivity contribution in [3.8, 4) is 5.75 Å². The number of carbonyl (C=O) groups excluding carboxylic acids is 1. The van der Waals surface area contributed by atoms with Crippen molar-refractivity contribution in [2.45, 2.75) is 29.4 Å². The van der Waals surface area contributed by atoms with Gasteiger partial charge in [0, 0.05) is 0 Å². The van der Waals surface area contributed by atoms with E-state index in [1.54, 1.807) is 19.1 Å². The number of piperidine rings is 1. The molecule has 1 heterocycles. The summed E-state index contributed by atoms with van der Waals surface area (Å²) in [4.78, 5) is 12.5. The second-order valence-corrected chi connectivity index (χ2v) is 7.40. The lowest BCUT2D eigenvalue weighted by Gasteiger charge is -2.34. The molecule has 1 saturated heterocycles. The molecule has 0 saturated carbocycles. The first kappa shape index (κ1) is 16.8. The molecule has 1 aliphatic heterocycles. The first-order valence-corrected chi connectivity index (χ1v) is 8.73. The summed E-state index contributed by atoms with van der Waals surface area (Å²) in [7, 11) is -2.33. The van der Waals surface area contributed by atoms with E-state index in [1.165, 1.54) is 19.2 Å². The summed E-state index contributed by atoms with van der Waals surface area (Å²) in [6.07, 6.45) is 0.417. The van der Waals surface area contributed by atoms with Gasteiger partial charge in [-0.1, -0.05) is 0 Å². The molecular formula is C15H21NO5S. The molecule has 0 aromatic heterocycles. The van der Waals surface area contributed by atoms with Crippen LogP contribution in [-0.2, 0) is 19.4 Å². The van der Waals surface area contributed by atoms with Crippen LogP contribution in [-0.4, -0.2) is 45.9 Å². The molecule has 1 N–H and O–H groups in total. The smallest absolute Gasteiger partial charge is 0.327 e. The van der Waals surface area contributed by atoms with Crippen molar-refractivity contribution in [3.63, 3.8) is 0 Å². The topological polar surface area (TPSA) is 81.7 Å². The van der Waals surface area contributed by atoms with Crippen LogP contribution in [0, 0.1) is 0 Å². The van der Waals surface area contributed by atoms with Crippen LogP contribution in [0.4, 0.5) is 0 Å². The van der Waals surface area contributed by atoms with Gasteiger partial charge < -0.3 is 14.8 Å². The Morgan fingerprint density at radius 2 is 1.82 bits per heavy atom. The van der Waals surface area contributed by atoms with Gasteiger partial charge in [-0.2, -0.15) is 0 Å². The fraction of sp³-hybridized carbons (Fsp3) is 0.533. The molecule has 122 valence electrons. The van der Waals surface area contributed by atoms with E-state index in [9.17, 15) is 13.2 Å². The van der Waals surface area contributed by atoms with Crippen molar-refractivity contribution in [2.24, 2.45) is 0 Å². The predicted octanol–water partition coefficient (Wildman–Crippen LogP) is 1.15. The van der Waals surface area contributed by atoms with E-state index in [-0.39, 0.29) is 24.3 Å². The van der Waals surface area contributed by atoms with E-state index in [2.05, 4.69) is 5.32 Å². The molecule has 1 fully saturated rings. The highest BCUT2D eigenvalue weighted by Crippen LogP contribution is 2.35. The molecule has 6 nitrogen and oxygen atoms in total. The lowest BCUT2D eigenvalue weighted by molar-refractivity contribution is -0.147. The third-order valence-electron chi connectivity index (χ3n) is 3.94. The van der Waals surface area contributed by atoms with Gasteiger partial charge in [0.2, 0.25) is 0 Å². The van der Waals surface area contributed by atoms with Crippen LogP contribution in [0.1, 0.15) is 19.8 Å². The molecule has 0 spiro atoms. The zero-order valence-electron chi connectivity index (χ0n) is 12.8. The highest BCUT2D eigenvalue weighted by atomic mass is 32.2. The molecule has 0 radical (unpaired) electrons. The molecule has 1 aromatic rings. The van der Waals surface area contributed by atoms with Gasteiger partial charge in [0.1, 0.15) is 5.75 Å². The maximum absolute atomic E-state index is 13.1. The van der Waals surface area contributed by atoms with E-state index in [1.807, 2.05) is 0 Å².